The first-order chi connectivity index (χ1) is 19.9. The number of aryl methyl sites for hydroxylation is 1. The van der Waals surface area contributed by atoms with Crippen LogP contribution >= 0.6 is 23.2 Å². The zero-order valence-electron chi connectivity index (χ0n) is 24.4. The number of methoxy groups -OCH3 is 1. The Morgan fingerprint density at radius 1 is 1.00 bits per heavy atom. The molecule has 0 unspecified atom stereocenters. The third kappa shape index (κ3) is 8.18. The number of benzene rings is 3. The number of sulfonamides is 1. The number of rotatable bonds is 13. The van der Waals surface area contributed by atoms with Crippen molar-refractivity contribution in [2.24, 2.45) is 5.92 Å². The molecule has 0 aliphatic heterocycles. The smallest absolute Gasteiger partial charge is 0.264 e. The molecule has 0 bridgehead atoms. The van der Waals surface area contributed by atoms with Crippen LogP contribution in [0.4, 0.5) is 5.69 Å². The van der Waals surface area contributed by atoms with Gasteiger partial charge in [0.1, 0.15) is 18.3 Å². The summed E-state index contributed by atoms with van der Waals surface area (Å²) in [4.78, 5) is 28.9. The molecule has 8 nitrogen and oxygen atoms in total. The predicted molar refractivity (Wildman–Crippen MR) is 168 cm³/mol. The molecule has 0 aliphatic rings. The molecule has 0 spiro atoms. The maximum absolute atomic E-state index is 14.2. The van der Waals surface area contributed by atoms with E-state index < -0.39 is 28.5 Å². The fraction of sp³-hybridized carbons (Fsp3) is 0.355. The molecule has 0 saturated heterocycles. The molecule has 3 aromatic carbocycles. The fourth-order valence-electron chi connectivity index (χ4n) is 4.36. The minimum atomic E-state index is -4.28. The molecular weight excluding hydrogens is 597 g/mol. The van der Waals surface area contributed by atoms with Crippen LogP contribution in [-0.4, -0.2) is 51.4 Å². The minimum absolute atomic E-state index is 0.00277. The average Bonchev–Trinajstić information content (AvgIpc) is 2.95. The van der Waals surface area contributed by atoms with E-state index >= 15 is 0 Å². The quantitative estimate of drug-likeness (QED) is 0.246. The van der Waals surface area contributed by atoms with Crippen molar-refractivity contribution >= 4 is 50.7 Å². The van der Waals surface area contributed by atoms with Gasteiger partial charge in [0.05, 0.1) is 17.7 Å². The Kier molecular flexibility index (Phi) is 11.7. The summed E-state index contributed by atoms with van der Waals surface area (Å²) in [6.07, 6.45) is 0.297. The molecule has 0 radical (unpaired) electrons. The number of hydrogen-bond acceptors (Lipinski definition) is 5. The maximum atomic E-state index is 14.2. The first-order valence-electron chi connectivity index (χ1n) is 13.6. The van der Waals surface area contributed by atoms with E-state index in [1.165, 1.54) is 36.3 Å². The van der Waals surface area contributed by atoms with Crippen LogP contribution in [0.5, 0.6) is 5.75 Å². The predicted octanol–water partition coefficient (Wildman–Crippen LogP) is 6.09. The number of anilines is 1. The first kappa shape index (κ1) is 33.2. The molecule has 1 atom stereocenters. The van der Waals surface area contributed by atoms with Crippen molar-refractivity contribution in [3.63, 3.8) is 0 Å². The molecule has 0 heterocycles. The Balaban J connectivity index is 2.13. The van der Waals surface area contributed by atoms with Crippen LogP contribution in [0.2, 0.25) is 10.0 Å². The molecule has 3 rings (SSSR count). The molecule has 1 N–H and O–H groups in total. The van der Waals surface area contributed by atoms with E-state index in [9.17, 15) is 18.0 Å². The molecule has 2 amide bonds. The summed E-state index contributed by atoms with van der Waals surface area (Å²) in [5.74, 6) is -0.522. The maximum Gasteiger partial charge on any atom is 0.264 e. The number of halogens is 2. The summed E-state index contributed by atoms with van der Waals surface area (Å²) in [7, 11) is -2.88. The summed E-state index contributed by atoms with van der Waals surface area (Å²) in [5, 5.41) is 3.59. The lowest BCUT2D eigenvalue weighted by Crippen LogP contribution is -2.52. The SMILES string of the molecule is CC[C@H](C(=O)NCC(C)C)N(Cc1ccccc1Cl)C(=O)CN(c1cc(Cl)ccc1OC)S(=O)(=O)c1ccc(C)cc1. The third-order valence-electron chi connectivity index (χ3n) is 6.67. The topological polar surface area (TPSA) is 96.0 Å². The molecule has 0 aliphatic carbocycles. The molecule has 226 valence electrons. The van der Waals surface area contributed by atoms with Gasteiger partial charge in [0, 0.05) is 23.1 Å². The summed E-state index contributed by atoms with van der Waals surface area (Å²) >= 11 is 12.7. The highest BCUT2D eigenvalue weighted by Gasteiger charge is 2.35. The molecule has 0 fully saturated rings. The van der Waals surface area contributed by atoms with Crippen molar-refractivity contribution in [1.82, 2.24) is 10.2 Å². The second kappa shape index (κ2) is 14.8. The number of carbonyl (C=O) groups excluding carboxylic acids is 2. The number of nitrogens with one attached hydrogen (secondary N) is 1. The molecule has 11 heteroatoms. The van der Waals surface area contributed by atoms with E-state index in [0.29, 0.717) is 23.6 Å². The zero-order chi connectivity index (χ0) is 31.0. The second-order valence-electron chi connectivity index (χ2n) is 10.3. The summed E-state index contributed by atoms with van der Waals surface area (Å²) in [6, 6.07) is 17.0. The highest BCUT2D eigenvalue weighted by atomic mass is 35.5. The number of carbonyl (C=O) groups is 2. The number of nitrogens with zero attached hydrogens (tertiary/aromatic N) is 2. The molecule has 42 heavy (non-hydrogen) atoms. The second-order valence-corrected chi connectivity index (χ2v) is 13.0. The van der Waals surface area contributed by atoms with Gasteiger partial charge >= 0.3 is 0 Å². The Hall–Kier alpha value is -3.27. The lowest BCUT2D eigenvalue weighted by atomic mass is 10.1. The number of hydrogen-bond donors (Lipinski definition) is 1. The van der Waals surface area contributed by atoms with Gasteiger partial charge in [0.2, 0.25) is 11.8 Å². The molecular formula is C31H37Cl2N3O5S. The van der Waals surface area contributed by atoms with Crippen LogP contribution in [0.1, 0.15) is 38.3 Å². The summed E-state index contributed by atoms with van der Waals surface area (Å²) in [5.41, 5.74) is 1.59. The van der Waals surface area contributed by atoms with Gasteiger partial charge in [-0.15, -0.1) is 0 Å². The van der Waals surface area contributed by atoms with Gasteiger partial charge in [-0.2, -0.15) is 0 Å². The van der Waals surface area contributed by atoms with Gasteiger partial charge in [0.25, 0.3) is 10.0 Å². The number of ether oxygens (including phenoxy) is 1. The van der Waals surface area contributed by atoms with Crippen molar-refractivity contribution in [3.05, 3.63) is 87.9 Å². The van der Waals surface area contributed by atoms with Gasteiger partial charge in [0.15, 0.2) is 0 Å². The Morgan fingerprint density at radius 3 is 2.26 bits per heavy atom. The molecule has 3 aromatic rings. The lowest BCUT2D eigenvalue weighted by molar-refractivity contribution is -0.140. The van der Waals surface area contributed by atoms with E-state index in [0.717, 1.165) is 9.87 Å². The van der Waals surface area contributed by atoms with Crippen molar-refractivity contribution < 1.29 is 22.7 Å². The van der Waals surface area contributed by atoms with Gasteiger partial charge < -0.3 is 15.0 Å². The van der Waals surface area contributed by atoms with Crippen LogP contribution in [0, 0.1) is 12.8 Å². The highest BCUT2D eigenvalue weighted by Crippen LogP contribution is 2.35. The van der Waals surface area contributed by atoms with Crippen LogP contribution < -0.4 is 14.4 Å². The van der Waals surface area contributed by atoms with E-state index in [4.69, 9.17) is 27.9 Å². The van der Waals surface area contributed by atoms with E-state index in [1.54, 1.807) is 49.4 Å². The third-order valence-corrected chi connectivity index (χ3v) is 9.04. The van der Waals surface area contributed by atoms with Gasteiger partial charge in [-0.25, -0.2) is 8.42 Å². The van der Waals surface area contributed by atoms with Gasteiger partial charge in [-0.05, 0) is 61.2 Å². The van der Waals surface area contributed by atoms with Crippen molar-refractivity contribution in [1.29, 1.82) is 0 Å². The lowest BCUT2D eigenvalue weighted by Gasteiger charge is -2.33. The fourth-order valence-corrected chi connectivity index (χ4v) is 6.14. The van der Waals surface area contributed by atoms with Crippen LogP contribution in [0.15, 0.2) is 71.6 Å². The Labute approximate surface area is 258 Å². The van der Waals surface area contributed by atoms with Crippen LogP contribution in [0.25, 0.3) is 0 Å². The van der Waals surface area contributed by atoms with E-state index in [-0.39, 0.29) is 39.7 Å². The van der Waals surface area contributed by atoms with Crippen LogP contribution in [-0.2, 0) is 26.2 Å². The molecule has 0 saturated carbocycles. The number of amides is 2. The first-order valence-corrected chi connectivity index (χ1v) is 15.8. The van der Waals surface area contributed by atoms with Crippen LogP contribution in [0.3, 0.4) is 0 Å². The minimum Gasteiger partial charge on any atom is -0.495 e. The largest absolute Gasteiger partial charge is 0.495 e. The van der Waals surface area contributed by atoms with Crippen molar-refractivity contribution in [3.8, 4) is 5.75 Å². The Bertz CT molecular complexity index is 1500. The van der Waals surface area contributed by atoms with Crippen molar-refractivity contribution in [2.75, 3.05) is 24.5 Å². The van der Waals surface area contributed by atoms with Gasteiger partial charge in [-0.3, -0.25) is 13.9 Å². The average molecular weight is 635 g/mol. The zero-order valence-corrected chi connectivity index (χ0v) is 26.8. The van der Waals surface area contributed by atoms with E-state index in [1.807, 2.05) is 20.8 Å². The summed E-state index contributed by atoms with van der Waals surface area (Å²) in [6.45, 7) is 7.40. The normalized spacial score (nSPS) is 12.1. The van der Waals surface area contributed by atoms with E-state index in [2.05, 4.69) is 5.32 Å². The molecule has 0 aromatic heterocycles. The Morgan fingerprint density at radius 2 is 1.67 bits per heavy atom. The highest BCUT2D eigenvalue weighted by molar-refractivity contribution is 7.92. The summed E-state index contributed by atoms with van der Waals surface area (Å²) < 4.78 is 34.7. The monoisotopic (exact) mass is 633 g/mol. The standard InChI is InChI=1S/C31H37Cl2N3O5S/c1-6-27(31(38)34-18-21(2)3)35(19-23-9-7-8-10-26(23)33)30(37)20-36(28-17-24(32)13-16-29(28)41-5)42(39,40)25-14-11-22(4)12-15-25/h7-17,21,27H,6,18-20H2,1-5H3,(H,34,38)/t27-/m1/s1. The van der Waals surface area contributed by atoms with Crippen molar-refractivity contribution in [2.45, 2.75) is 51.6 Å². The van der Waals surface area contributed by atoms with Gasteiger partial charge in [-0.1, -0.05) is 79.9 Å².